The third-order valence-corrected chi connectivity index (χ3v) is 4.95. The molecule has 1 aliphatic heterocycles. The largest absolute Gasteiger partial charge is 0.463 e. The summed E-state index contributed by atoms with van der Waals surface area (Å²) in [5.74, 6) is 1.20. The molecule has 31 heavy (non-hydrogen) atoms. The Kier molecular flexibility index (Phi) is 7.60. The van der Waals surface area contributed by atoms with Crippen LogP contribution in [0.4, 0.5) is 0 Å². The first kappa shape index (κ1) is 24.1. The summed E-state index contributed by atoms with van der Waals surface area (Å²) in [6, 6.07) is 1.99. The predicted molar refractivity (Wildman–Crippen MR) is 109 cm³/mol. The van der Waals surface area contributed by atoms with Crippen LogP contribution in [0, 0.1) is 22.8 Å². The van der Waals surface area contributed by atoms with Gasteiger partial charge in [0.1, 0.15) is 32.5 Å². The second-order valence-electron chi connectivity index (χ2n) is 7.98. The zero-order valence-electron chi connectivity index (χ0n) is 18.3. The lowest BCUT2D eigenvalue weighted by Gasteiger charge is -2.24. The summed E-state index contributed by atoms with van der Waals surface area (Å²) in [6.07, 6.45) is -2.68. The smallest absolute Gasteiger partial charge is 0.303 e. The van der Waals surface area contributed by atoms with Gasteiger partial charge < -0.3 is 18.9 Å². The molecule has 1 saturated heterocycles. The molecule has 0 N–H and O–H groups in total. The Balaban J connectivity index is 2.54. The number of nitrogens with zero attached hydrogens (tertiary/aromatic N) is 3. The van der Waals surface area contributed by atoms with Gasteiger partial charge >= 0.3 is 17.9 Å². The van der Waals surface area contributed by atoms with E-state index in [0.29, 0.717) is 5.69 Å². The second kappa shape index (κ2) is 9.77. The molecule has 2 heterocycles. The van der Waals surface area contributed by atoms with Crippen LogP contribution in [0.3, 0.4) is 0 Å². The topological polar surface area (TPSA) is 130 Å². The second-order valence-corrected chi connectivity index (χ2v) is 12.7. The fraction of sp³-hybridized carbons (Fsp3) is 0.550. The molecule has 0 saturated carbocycles. The first-order valence-electron chi connectivity index (χ1n) is 9.56. The van der Waals surface area contributed by atoms with Crippen LogP contribution in [0.2, 0.25) is 19.6 Å². The lowest BCUT2D eigenvalue weighted by Crippen LogP contribution is -2.40. The normalized spacial score (nSPS) is 22.6. The van der Waals surface area contributed by atoms with Crippen molar-refractivity contribution in [2.45, 2.75) is 65.0 Å². The molecule has 0 aliphatic carbocycles. The van der Waals surface area contributed by atoms with Crippen LogP contribution in [-0.2, 0) is 33.3 Å². The highest BCUT2D eigenvalue weighted by Crippen LogP contribution is 2.35. The van der Waals surface area contributed by atoms with Crippen molar-refractivity contribution in [2.75, 3.05) is 6.61 Å². The molecule has 0 amide bonds. The highest BCUT2D eigenvalue weighted by atomic mass is 28.3. The minimum atomic E-state index is -1.79. The van der Waals surface area contributed by atoms with E-state index < -0.39 is 50.5 Å². The van der Waals surface area contributed by atoms with E-state index in [9.17, 15) is 19.6 Å². The van der Waals surface area contributed by atoms with Gasteiger partial charge in [-0.05, 0) is 0 Å². The molecule has 0 radical (unpaired) electrons. The predicted octanol–water partition coefficient (Wildman–Crippen LogP) is 1.31. The molecule has 1 fully saturated rings. The number of esters is 3. The molecule has 0 aromatic carbocycles. The summed E-state index contributed by atoms with van der Waals surface area (Å²) in [5, 5.41) is 9.45. The van der Waals surface area contributed by atoms with Gasteiger partial charge in [0.25, 0.3) is 0 Å². The van der Waals surface area contributed by atoms with Crippen LogP contribution < -0.4 is 0 Å². The molecular weight excluding hydrogens is 422 g/mol. The van der Waals surface area contributed by atoms with Crippen LogP contribution in [-0.4, -0.2) is 60.5 Å². The summed E-state index contributed by atoms with van der Waals surface area (Å²) in [5.41, 5.74) is 3.55. The van der Waals surface area contributed by atoms with Gasteiger partial charge in [-0.2, -0.15) is 5.26 Å². The van der Waals surface area contributed by atoms with Gasteiger partial charge in [-0.1, -0.05) is 25.6 Å². The van der Waals surface area contributed by atoms with Crippen LogP contribution in [0.25, 0.3) is 0 Å². The number of carbonyl (C=O) groups is 3. The number of ether oxygens (including phenoxy) is 4. The third-order valence-electron chi connectivity index (χ3n) is 4.07. The van der Waals surface area contributed by atoms with Gasteiger partial charge in [0, 0.05) is 20.8 Å². The van der Waals surface area contributed by atoms with Gasteiger partial charge in [-0.25, -0.2) is 4.98 Å². The van der Waals surface area contributed by atoms with Crippen LogP contribution >= 0.6 is 0 Å². The molecule has 2 rings (SSSR count). The van der Waals surface area contributed by atoms with Gasteiger partial charge in [-0.15, -0.1) is 5.54 Å². The first-order chi connectivity index (χ1) is 14.4. The molecule has 0 bridgehead atoms. The zero-order valence-corrected chi connectivity index (χ0v) is 19.3. The van der Waals surface area contributed by atoms with Crippen molar-refractivity contribution in [2.24, 2.45) is 0 Å². The fourth-order valence-electron chi connectivity index (χ4n) is 2.92. The molecular formula is C20H25N3O7Si. The Labute approximate surface area is 181 Å². The van der Waals surface area contributed by atoms with Gasteiger partial charge in [0.2, 0.25) is 0 Å². The maximum Gasteiger partial charge on any atom is 0.303 e. The van der Waals surface area contributed by atoms with E-state index in [-0.39, 0.29) is 12.3 Å². The summed E-state index contributed by atoms with van der Waals surface area (Å²) in [4.78, 5) is 38.8. The summed E-state index contributed by atoms with van der Waals surface area (Å²) < 4.78 is 23.3. The van der Waals surface area contributed by atoms with Crippen molar-refractivity contribution < 1.29 is 33.3 Å². The van der Waals surface area contributed by atoms with Gasteiger partial charge in [-0.3, -0.25) is 19.0 Å². The minimum Gasteiger partial charge on any atom is -0.463 e. The maximum absolute atomic E-state index is 11.8. The Morgan fingerprint density at radius 2 is 1.74 bits per heavy atom. The molecule has 1 aromatic heterocycles. The monoisotopic (exact) mass is 447 g/mol. The average molecular weight is 448 g/mol. The standard InChI is InChI=1S/C20H25N3O7Si/c1-12(24)27-10-17-18(28-13(2)25)19(29-14(3)26)20(30-17)23-11-22-15(9-21)16(23)7-8-31(4,5)6/h11,17-20H,10H2,1-6H3. The number of rotatable bonds is 5. The molecule has 1 aromatic rings. The molecule has 1 aliphatic rings. The highest BCUT2D eigenvalue weighted by Gasteiger charge is 2.51. The van der Waals surface area contributed by atoms with Crippen molar-refractivity contribution in [3.8, 4) is 17.5 Å². The van der Waals surface area contributed by atoms with Crippen molar-refractivity contribution in [3.05, 3.63) is 17.7 Å². The Morgan fingerprint density at radius 1 is 1.13 bits per heavy atom. The lowest BCUT2D eigenvalue weighted by atomic mass is 10.1. The highest BCUT2D eigenvalue weighted by molar-refractivity contribution is 6.83. The zero-order chi connectivity index (χ0) is 23.3. The van der Waals surface area contributed by atoms with Crippen LogP contribution in [0.1, 0.15) is 38.4 Å². The Bertz CT molecular complexity index is 964. The molecule has 4 atom stereocenters. The Hall–Kier alpha value is -3.15. The van der Waals surface area contributed by atoms with Gasteiger partial charge in [0.05, 0.1) is 6.33 Å². The van der Waals surface area contributed by atoms with Crippen molar-refractivity contribution in [3.63, 3.8) is 0 Å². The quantitative estimate of drug-likeness (QED) is 0.284. The van der Waals surface area contributed by atoms with Crippen molar-refractivity contribution >= 4 is 26.0 Å². The number of carbonyl (C=O) groups excluding carboxylic acids is 3. The van der Waals surface area contributed by atoms with Crippen molar-refractivity contribution in [1.82, 2.24) is 9.55 Å². The van der Waals surface area contributed by atoms with Gasteiger partial charge in [0.15, 0.2) is 24.1 Å². The number of aromatic nitrogens is 2. The SMILES string of the molecule is CC(=O)OCC1OC(n2cnc(C#N)c2C#C[Si](C)(C)C)C(OC(C)=O)C1OC(C)=O. The van der Waals surface area contributed by atoms with E-state index in [1.165, 1.54) is 31.7 Å². The molecule has 4 unspecified atom stereocenters. The van der Waals surface area contributed by atoms with E-state index in [1.807, 2.05) is 25.7 Å². The average Bonchev–Trinajstić information content (AvgIpc) is 3.18. The molecule has 166 valence electrons. The Morgan fingerprint density at radius 3 is 2.26 bits per heavy atom. The van der Waals surface area contributed by atoms with Crippen LogP contribution in [0.5, 0.6) is 0 Å². The number of hydrogen-bond donors (Lipinski definition) is 0. The van der Waals surface area contributed by atoms with E-state index >= 15 is 0 Å². The fourth-order valence-corrected chi connectivity index (χ4v) is 3.42. The van der Waals surface area contributed by atoms with E-state index in [0.717, 1.165) is 0 Å². The first-order valence-corrected chi connectivity index (χ1v) is 13.1. The number of nitriles is 1. The minimum absolute atomic E-state index is 0.0865. The summed E-state index contributed by atoms with van der Waals surface area (Å²) >= 11 is 0. The maximum atomic E-state index is 11.8. The number of imidazole rings is 1. The lowest BCUT2D eigenvalue weighted by molar-refractivity contribution is -0.166. The molecule has 11 heteroatoms. The van der Waals surface area contributed by atoms with Crippen molar-refractivity contribution in [1.29, 1.82) is 5.26 Å². The third kappa shape index (κ3) is 6.41. The summed E-state index contributed by atoms with van der Waals surface area (Å²) in [6.45, 7) is 9.57. The summed E-state index contributed by atoms with van der Waals surface area (Å²) in [7, 11) is -1.79. The van der Waals surface area contributed by atoms with Crippen LogP contribution in [0.15, 0.2) is 6.33 Å². The van der Waals surface area contributed by atoms with E-state index in [4.69, 9.17) is 18.9 Å². The van der Waals surface area contributed by atoms with E-state index in [1.54, 1.807) is 0 Å². The molecule has 0 spiro atoms. The number of hydrogen-bond acceptors (Lipinski definition) is 9. The molecule has 10 nitrogen and oxygen atoms in total. The van der Waals surface area contributed by atoms with E-state index in [2.05, 4.69) is 16.4 Å².